The number of hydrogen-bond donors (Lipinski definition) is 2. The summed E-state index contributed by atoms with van der Waals surface area (Å²) in [5.41, 5.74) is 0. The number of carbonyl (C=O) groups is 1. The van der Waals surface area contributed by atoms with Gasteiger partial charge in [-0.3, -0.25) is 0 Å². The van der Waals surface area contributed by atoms with Crippen LogP contribution in [-0.2, 0) is 11.2 Å². The lowest BCUT2D eigenvalue weighted by Gasteiger charge is -2.09. The summed E-state index contributed by atoms with van der Waals surface area (Å²) in [7, 11) is 0. The van der Waals surface area contributed by atoms with Crippen molar-refractivity contribution in [2.75, 3.05) is 6.54 Å². The van der Waals surface area contributed by atoms with Crippen molar-refractivity contribution in [3.05, 3.63) is 36.3 Å². The minimum absolute atomic E-state index is 0.259. The van der Waals surface area contributed by atoms with Gasteiger partial charge in [-0.1, -0.05) is 6.08 Å². The number of carboxylic acids is 1. The van der Waals surface area contributed by atoms with Gasteiger partial charge in [-0.2, -0.15) is 0 Å². The average molecular weight is 209 g/mol. The van der Waals surface area contributed by atoms with E-state index >= 15 is 0 Å². The quantitative estimate of drug-likeness (QED) is 0.696. The van der Waals surface area contributed by atoms with Crippen LogP contribution in [0.1, 0.15) is 12.7 Å². The fourth-order valence-corrected chi connectivity index (χ4v) is 1.23. The molecule has 0 bridgehead atoms. The van der Waals surface area contributed by atoms with Crippen LogP contribution in [0.5, 0.6) is 0 Å². The maximum Gasteiger partial charge on any atom is 0.328 e. The van der Waals surface area contributed by atoms with Crippen LogP contribution in [-0.4, -0.2) is 23.7 Å². The first-order chi connectivity index (χ1) is 7.18. The van der Waals surface area contributed by atoms with E-state index in [-0.39, 0.29) is 6.04 Å². The molecule has 82 valence electrons. The van der Waals surface area contributed by atoms with E-state index in [9.17, 15) is 4.79 Å². The van der Waals surface area contributed by atoms with Gasteiger partial charge in [-0.15, -0.1) is 0 Å². The molecule has 0 amide bonds. The minimum Gasteiger partial charge on any atom is -0.478 e. The maximum absolute atomic E-state index is 10.2. The second-order valence-electron chi connectivity index (χ2n) is 3.33. The van der Waals surface area contributed by atoms with Gasteiger partial charge in [-0.05, 0) is 19.1 Å². The van der Waals surface area contributed by atoms with Crippen molar-refractivity contribution in [3.63, 3.8) is 0 Å². The lowest BCUT2D eigenvalue weighted by molar-refractivity contribution is -0.131. The van der Waals surface area contributed by atoms with Crippen molar-refractivity contribution in [1.29, 1.82) is 0 Å². The van der Waals surface area contributed by atoms with Crippen LogP contribution in [0.25, 0.3) is 0 Å². The summed E-state index contributed by atoms with van der Waals surface area (Å²) in [6.07, 6.45) is 5.16. The second kappa shape index (κ2) is 6.03. The van der Waals surface area contributed by atoms with E-state index in [1.54, 1.807) is 12.3 Å². The molecule has 4 heteroatoms. The molecule has 15 heavy (non-hydrogen) atoms. The highest BCUT2D eigenvalue weighted by molar-refractivity contribution is 5.79. The summed E-state index contributed by atoms with van der Waals surface area (Å²) < 4.78 is 5.20. The Kier molecular flexibility index (Phi) is 4.63. The SMILES string of the molecule is CC(Cc1ccco1)NC/C=C/C(=O)O. The molecule has 0 aromatic carbocycles. The predicted octanol–water partition coefficient (Wildman–Crippen LogP) is 1.44. The molecule has 1 aromatic rings. The Bertz CT molecular complexity index is 317. The molecule has 0 radical (unpaired) electrons. The van der Waals surface area contributed by atoms with Crippen LogP contribution >= 0.6 is 0 Å². The molecule has 4 nitrogen and oxygen atoms in total. The summed E-state index contributed by atoms with van der Waals surface area (Å²) in [4.78, 5) is 10.2. The first-order valence-electron chi connectivity index (χ1n) is 4.83. The van der Waals surface area contributed by atoms with Gasteiger partial charge in [0, 0.05) is 25.1 Å². The molecule has 0 aliphatic carbocycles. The highest BCUT2D eigenvalue weighted by Gasteiger charge is 2.03. The molecule has 0 fully saturated rings. The Morgan fingerprint density at radius 1 is 1.73 bits per heavy atom. The third kappa shape index (κ3) is 5.02. The van der Waals surface area contributed by atoms with Gasteiger partial charge in [-0.25, -0.2) is 4.79 Å². The predicted molar refractivity (Wildman–Crippen MR) is 56.7 cm³/mol. The largest absolute Gasteiger partial charge is 0.478 e. The van der Waals surface area contributed by atoms with Crippen LogP contribution < -0.4 is 5.32 Å². The van der Waals surface area contributed by atoms with Crippen LogP contribution in [0.15, 0.2) is 35.0 Å². The lowest BCUT2D eigenvalue weighted by Crippen LogP contribution is -2.28. The second-order valence-corrected chi connectivity index (χ2v) is 3.33. The van der Waals surface area contributed by atoms with Crippen molar-refractivity contribution in [1.82, 2.24) is 5.32 Å². The van der Waals surface area contributed by atoms with Gasteiger partial charge >= 0.3 is 5.97 Å². The lowest BCUT2D eigenvalue weighted by atomic mass is 10.2. The van der Waals surface area contributed by atoms with Gasteiger partial charge in [0.05, 0.1) is 6.26 Å². The molecule has 0 saturated carbocycles. The number of nitrogens with one attached hydrogen (secondary N) is 1. The zero-order valence-electron chi connectivity index (χ0n) is 8.64. The highest BCUT2D eigenvalue weighted by Crippen LogP contribution is 2.03. The van der Waals surface area contributed by atoms with E-state index in [0.29, 0.717) is 6.54 Å². The monoisotopic (exact) mass is 209 g/mol. The molecular weight excluding hydrogens is 194 g/mol. The molecule has 0 saturated heterocycles. The van der Waals surface area contributed by atoms with Crippen LogP contribution in [0.2, 0.25) is 0 Å². The molecule has 2 N–H and O–H groups in total. The maximum atomic E-state index is 10.2. The smallest absolute Gasteiger partial charge is 0.328 e. The van der Waals surface area contributed by atoms with E-state index in [1.165, 1.54) is 0 Å². The topological polar surface area (TPSA) is 62.5 Å². The van der Waals surface area contributed by atoms with Gasteiger partial charge in [0.25, 0.3) is 0 Å². The Morgan fingerprint density at radius 3 is 3.13 bits per heavy atom. The van der Waals surface area contributed by atoms with Gasteiger partial charge in [0.1, 0.15) is 5.76 Å². The van der Waals surface area contributed by atoms with Crippen LogP contribution in [0.4, 0.5) is 0 Å². The number of aliphatic carboxylic acids is 1. The zero-order chi connectivity index (χ0) is 11.1. The summed E-state index contributed by atoms with van der Waals surface area (Å²) >= 11 is 0. The van der Waals surface area contributed by atoms with Gasteiger partial charge in [0.2, 0.25) is 0 Å². The van der Waals surface area contributed by atoms with Gasteiger partial charge < -0.3 is 14.8 Å². The third-order valence-corrected chi connectivity index (χ3v) is 1.93. The average Bonchev–Trinajstić information content (AvgIpc) is 2.64. The fraction of sp³-hybridized carbons (Fsp3) is 0.364. The van der Waals surface area contributed by atoms with Crippen molar-refractivity contribution >= 4 is 5.97 Å². The van der Waals surface area contributed by atoms with Crippen LogP contribution in [0.3, 0.4) is 0 Å². The van der Waals surface area contributed by atoms with E-state index in [2.05, 4.69) is 5.32 Å². The molecule has 1 rings (SSSR count). The van der Waals surface area contributed by atoms with Crippen molar-refractivity contribution in [2.24, 2.45) is 0 Å². The zero-order valence-corrected chi connectivity index (χ0v) is 8.64. The minimum atomic E-state index is -0.921. The Balaban J connectivity index is 2.19. The Labute approximate surface area is 88.6 Å². The molecule has 1 aromatic heterocycles. The molecule has 0 spiro atoms. The number of furan rings is 1. The van der Waals surface area contributed by atoms with Crippen molar-refractivity contribution < 1.29 is 14.3 Å². The summed E-state index contributed by atoms with van der Waals surface area (Å²) in [6, 6.07) is 4.03. The van der Waals surface area contributed by atoms with E-state index in [0.717, 1.165) is 18.3 Å². The molecule has 0 aliphatic rings. The third-order valence-electron chi connectivity index (χ3n) is 1.93. The molecule has 1 heterocycles. The number of carboxylic acid groups (broad SMARTS) is 1. The summed E-state index contributed by atoms with van der Waals surface area (Å²) in [6.45, 7) is 2.57. The van der Waals surface area contributed by atoms with Crippen molar-refractivity contribution in [3.8, 4) is 0 Å². The molecule has 0 aliphatic heterocycles. The summed E-state index contributed by atoms with van der Waals surface area (Å²) in [5.74, 6) is 0.00713. The Hall–Kier alpha value is -1.55. The summed E-state index contributed by atoms with van der Waals surface area (Å²) in [5, 5.41) is 11.5. The standard InChI is InChI=1S/C11H15NO3/c1-9(8-10-4-3-7-15-10)12-6-2-5-11(13)14/h2-5,7,9,12H,6,8H2,1H3,(H,13,14)/b5-2+. The first kappa shape index (κ1) is 11.5. The van der Waals surface area contributed by atoms with Crippen LogP contribution in [0, 0.1) is 0 Å². The normalized spacial score (nSPS) is 13.1. The first-order valence-corrected chi connectivity index (χ1v) is 4.83. The Morgan fingerprint density at radius 2 is 2.53 bits per heavy atom. The van der Waals surface area contributed by atoms with Gasteiger partial charge in [0.15, 0.2) is 0 Å². The van der Waals surface area contributed by atoms with E-state index < -0.39 is 5.97 Å². The fourth-order valence-electron chi connectivity index (χ4n) is 1.23. The van der Waals surface area contributed by atoms with Crippen molar-refractivity contribution in [2.45, 2.75) is 19.4 Å². The molecule has 1 unspecified atom stereocenters. The molecular formula is C11H15NO3. The van der Waals surface area contributed by atoms with E-state index in [1.807, 2.05) is 19.1 Å². The van der Waals surface area contributed by atoms with E-state index in [4.69, 9.17) is 9.52 Å². The number of hydrogen-bond acceptors (Lipinski definition) is 3. The number of rotatable bonds is 6. The molecule has 1 atom stereocenters. The highest BCUT2D eigenvalue weighted by atomic mass is 16.4.